The number of ether oxygens (including phenoxy) is 2. The molecule has 1 unspecified atom stereocenters. The zero-order chi connectivity index (χ0) is 22.0. The molecular weight excluding hydrogens is 402 g/mol. The molecule has 6 heteroatoms. The SMILES string of the molecule is CCOC(=O)C(C)(COCCCO)C[C@H](N)Cc1ccc(-c2cccc(Cl)c2)cc1. The van der Waals surface area contributed by atoms with Gasteiger partial charge in [0.2, 0.25) is 0 Å². The van der Waals surface area contributed by atoms with Crippen molar-refractivity contribution in [2.24, 2.45) is 11.1 Å². The Kier molecular flexibility index (Phi) is 9.79. The predicted molar refractivity (Wildman–Crippen MR) is 120 cm³/mol. The smallest absolute Gasteiger partial charge is 0.314 e. The molecule has 5 nitrogen and oxygen atoms in total. The maximum Gasteiger partial charge on any atom is 0.314 e. The molecule has 0 aromatic heterocycles. The van der Waals surface area contributed by atoms with Crippen LogP contribution in [0.5, 0.6) is 0 Å². The highest BCUT2D eigenvalue weighted by atomic mass is 35.5. The van der Waals surface area contributed by atoms with Gasteiger partial charge in [-0.2, -0.15) is 0 Å². The van der Waals surface area contributed by atoms with Crippen molar-refractivity contribution in [2.45, 2.75) is 39.2 Å². The molecule has 2 atom stereocenters. The van der Waals surface area contributed by atoms with Gasteiger partial charge in [0, 0.05) is 24.3 Å². The van der Waals surface area contributed by atoms with E-state index < -0.39 is 5.41 Å². The van der Waals surface area contributed by atoms with Gasteiger partial charge in [0.25, 0.3) is 0 Å². The van der Waals surface area contributed by atoms with E-state index in [0.717, 1.165) is 16.7 Å². The molecule has 164 valence electrons. The zero-order valence-electron chi connectivity index (χ0n) is 17.8. The van der Waals surface area contributed by atoms with Crippen molar-refractivity contribution in [1.29, 1.82) is 0 Å². The number of hydrogen-bond donors (Lipinski definition) is 2. The number of benzene rings is 2. The van der Waals surface area contributed by atoms with E-state index in [1.807, 2.05) is 31.2 Å². The molecule has 0 fully saturated rings. The molecule has 2 aromatic carbocycles. The highest BCUT2D eigenvalue weighted by Crippen LogP contribution is 2.28. The quantitative estimate of drug-likeness (QED) is 0.386. The second-order valence-corrected chi connectivity index (χ2v) is 8.22. The Bertz CT molecular complexity index is 796. The fraction of sp³-hybridized carbons (Fsp3) is 0.458. The lowest BCUT2D eigenvalue weighted by Crippen LogP contribution is -2.41. The third-order valence-electron chi connectivity index (χ3n) is 4.96. The average Bonchev–Trinajstić information content (AvgIpc) is 2.72. The van der Waals surface area contributed by atoms with Crippen LogP contribution in [0.2, 0.25) is 5.02 Å². The normalized spacial score (nSPS) is 14.2. The molecule has 0 aliphatic carbocycles. The van der Waals surface area contributed by atoms with Crippen molar-refractivity contribution in [3.63, 3.8) is 0 Å². The van der Waals surface area contributed by atoms with Gasteiger partial charge in [-0.05, 0) is 61.9 Å². The minimum atomic E-state index is -0.828. The van der Waals surface area contributed by atoms with Crippen LogP contribution in [-0.2, 0) is 20.7 Å². The van der Waals surface area contributed by atoms with E-state index in [1.54, 1.807) is 6.92 Å². The molecule has 3 N–H and O–H groups in total. The summed E-state index contributed by atoms with van der Waals surface area (Å²) in [6.07, 6.45) is 1.62. The number of rotatable bonds is 12. The molecule has 0 bridgehead atoms. The van der Waals surface area contributed by atoms with E-state index in [0.29, 0.717) is 37.5 Å². The summed E-state index contributed by atoms with van der Waals surface area (Å²) in [5, 5.41) is 9.61. The summed E-state index contributed by atoms with van der Waals surface area (Å²) in [5.74, 6) is -0.305. The van der Waals surface area contributed by atoms with Crippen LogP contribution < -0.4 is 5.73 Å². The van der Waals surface area contributed by atoms with Crippen LogP contribution >= 0.6 is 11.6 Å². The first-order valence-corrected chi connectivity index (χ1v) is 10.7. The van der Waals surface area contributed by atoms with E-state index in [9.17, 15) is 4.79 Å². The lowest BCUT2D eigenvalue weighted by molar-refractivity contribution is -0.159. The number of aliphatic hydroxyl groups is 1. The summed E-state index contributed by atoms with van der Waals surface area (Å²) in [7, 11) is 0. The largest absolute Gasteiger partial charge is 0.466 e. The van der Waals surface area contributed by atoms with Crippen molar-refractivity contribution in [3.8, 4) is 11.1 Å². The Hall–Kier alpha value is -1.92. The Morgan fingerprint density at radius 3 is 2.57 bits per heavy atom. The van der Waals surface area contributed by atoms with Gasteiger partial charge in [0.1, 0.15) is 0 Å². The number of esters is 1. The van der Waals surface area contributed by atoms with Crippen LogP contribution in [0, 0.1) is 5.41 Å². The molecular formula is C24H32ClNO4. The van der Waals surface area contributed by atoms with Crippen molar-refractivity contribution in [2.75, 3.05) is 26.4 Å². The van der Waals surface area contributed by atoms with E-state index in [1.165, 1.54) is 0 Å². The summed E-state index contributed by atoms with van der Waals surface area (Å²) in [4.78, 5) is 12.5. The molecule has 2 rings (SSSR count). The van der Waals surface area contributed by atoms with Gasteiger partial charge in [0.05, 0.1) is 18.6 Å². The van der Waals surface area contributed by atoms with Crippen molar-refractivity contribution >= 4 is 17.6 Å². The number of hydrogen-bond acceptors (Lipinski definition) is 5. The minimum absolute atomic E-state index is 0.0564. The topological polar surface area (TPSA) is 81.8 Å². The predicted octanol–water partition coefficient (Wildman–Crippen LogP) is 4.24. The third kappa shape index (κ3) is 7.40. The fourth-order valence-corrected chi connectivity index (χ4v) is 3.62. The molecule has 0 heterocycles. The van der Waals surface area contributed by atoms with Crippen molar-refractivity contribution < 1.29 is 19.4 Å². The van der Waals surface area contributed by atoms with Gasteiger partial charge in [0.15, 0.2) is 0 Å². The Morgan fingerprint density at radius 2 is 1.93 bits per heavy atom. The third-order valence-corrected chi connectivity index (χ3v) is 5.19. The second-order valence-electron chi connectivity index (χ2n) is 7.79. The molecule has 0 saturated carbocycles. The van der Waals surface area contributed by atoms with Crippen LogP contribution in [-0.4, -0.2) is 43.5 Å². The summed E-state index contributed by atoms with van der Waals surface area (Å²) in [6.45, 7) is 4.59. The van der Waals surface area contributed by atoms with Crippen molar-refractivity contribution in [1.82, 2.24) is 0 Å². The number of carbonyl (C=O) groups excluding carboxylic acids is 1. The highest BCUT2D eigenvalue weighted by Gasteiger charge is 2.37. The van der Waals surface area contributed by atoms with Crippen molar-refractivity contribution in [3.05, 3.63) is 59.1 Å². The molecule has 2 aromatic rings. The number of carbonyl (C=O) groups is 1. The molecule has 0 spiro atoms. The molecule has 0 aliphatic heterocycles. The van der Waals surface area contributed by atoms with Crippen LogP contribution in [0.3, 0.4) is 0 Å². The Morgan fingerprint density at radius 1 is 1.20 bits per heavy atom. The first-order valence-electron chi connectivity index (χ1n) is 10.3. The minimum Gasteiger partial charge on any atom is -0.466 e. The number of halogens is 1. The van der Waals surface area contributed by atoms with E-state index in [4.69, 9.17) is 31.9 Å². The summed E-state index contributed by atoms with van der Waals surface area (Å²) in [6, 6.07) is 15.7. The molecule has 0 saturated heterocycles. The summed E-state index contributed by atoms with van der Waals surface area (Å²) in [5.41, 5.74) is 8.82. The second kappa shape index (κ2) is 12.1. The first-order chi connectivity index (χ1) is 14.4. The maximum absolute atomic E-state index is 12.5. The molecule has 0 amide bonds. The zero-order valence-corrected chi connectivity index (χ0v) is 18.5. The highest BCUT2D eigenvalue weighted by molar-refractivity contribution is 6.30. The van der Waals surface area contributed by atoms with Gasteiger partial charge in [-0.1, -0.05) is 48.0 Å². The van der Waals surface area contributed by atoms with Crippen LogP contribution in [0.25, 0.3) is 11.1 Å². The lowest BCUT2D eigenvalue weighted by atomic mass is 9.82. The summed E-state index contributed by atoms with van der Waals surface area (Å²) < 4.78 is 10.9. The van der Waals surface area contributed by atoms with E-state index in [-0.39, 0.29) is 25.2 Å². The van der Waals surface area contributed by atoms with Crippen LogP contribution in [0.1, 0.15) is 32.3 Å². The first kappa shape index (κ1) is 24.4. The van der Waals surface area contributed by atoms with Crippen LogP contribution in [0.15, 0.2) is 48.5 Å². The van der Waals surface area contributed by atoms with Crippen LogP contribution in [0.4, 0.5) is 0 Å². The molecule has 30 heavy (non-hydrogen) atoms. The fourth-order valence-electron chi connectivity index (χ4n) is 3.43. The summed E-state index contributed by atoms with van der Waals surface area (Å²) >= 11 is 6.08. The average molecular weight is 434 g/mol. The lowest BCUT2D eigenvalue weighted by Gasteiger charge is -2.29. The Labute approximate surface area is 184 Å². The van der Waals surface area contributed by atoms with E-state index >= 15 is 0 Å². The van der Waals surface area contributed by atoms with Gasteiger partial charge < -0.3 is 20.3 Å². The maximum atomic E-state index is 12.5. The van der Waals surface area contributed by atoms with Gasteiger partial charge in [-0.25, -0.2) is 0 Å². The Balaban J connectivity index is 2.01. The number of nitrogens with two attached hydrogens (primary N) is 1. The molecule has 0 aliphatic rings. The molecule has 0 radical (unpaired) electrons. The van der Waals surface area contributed by atoms with Gasteiger partial charge in [-0.15, -0.1) is 0 Å². The van der Waals surface area contributed by atoms with Gasteiger partial charge in [-0.3, -0.25) is 4.79 Å². The van der Waals surface area contributed by atoms with E-state index in [2.05, 4.69) is 24.3 Å². The monoisotopic (exact) mass is 433 g/mol. The standard InChI is InChI=1S/C24H32ClNO4/c1-3-30-23(28)24(2,17-29-13-5-12-27)16-22(26)14-18-8-10-19(11-9-18)20-6-4-7-21(25)15-20/h4,6-11,15,22,27H,3,5,12-14,16-17,26H2,1-2H3/t22-,24?/m1/s1. The number of aliphatic hydroxyl groups excluding tert-OH is 1. The van der Waals surface area contributed by atoms with Gasteiger partial charge >= 0.3 is 5.97 Å².